The lowest BCUT2D eigenvalue weighted by atomic mass is 9.95. The highest BCUT2D eigenvalue weighted by Gasteiger charge is 2.40. The molecule has 2 aliphatic rings. The second kappa shape index (κ2) is 9.42. The van der Waals surface area contributed by atoms with Crippen LogP contribution in [0.4, 0.5) is 11.4 Å². The molecule has 2 aromatic carbocycles. The van der Waals surface area contributed by atoms with Gasteiger partial charge in [-0.25, -0.2) is 0 Å². The first-order chi connectivity index (χ1) is 15.5. The monoisotopic (exact) mass is 434 g/mol. The van der Waals surface area contributed by atoms with Crippen molar-refractivity contribution in [3.8, 4) is 0 Å². The first kappa shape index (κ1) is 21.9. The Morgan fingerprint density at radius 3 is 2.59 bits per heavy atom. The minimum Gasteiger partial charge on any atom is -0.358 e. The molecule has 0 radical (unpaired) electrons. The van der Waals surface area contributed by atoms with Crippen LogP contribution >= 0.6 is 0 Å². The first-order valence-corrected chi connectivity index (χ1v) is 11.2. The third-order valence-electron chi connectivity index (χ3n) is 6.16. The number of nitrogens with zero attached hydrogens (tertiary/aromatic N) is 3. The Kier molecular flexibility index (Phi) is 6.44. The maximum atomic E-state index is 13.4. The molecular formula is C25H30N4O3. The van der Waals surface area contributed by atoms with Gasteiger partial charge in [0.2, 0.25) is 11.8 Å². The molecule has 0 spiro atoms. The molecule has 0 aliphatic carbocycles. The summed E-state index contributed by atoms with van der Waals surface area (Å²) in [6.45, 7) is 1.26. The Morgan fingerprint density at radius 2 is 1.84 bits per heavy atom. The molecule has 7 nitrogen and oxygen atoms in total. The van der Waals surface area contributed by atoms with Crippen LogP contribution in [0.15, 0.2) is 48.5 Å². The van der Waals surface area contributed by atoms with E-state index >= 15 is 0 Å². The van der Waals surface area contributed by atoms with Crippen LogP contribution in [-0.4, -0.2) is 62.4 Å². The Labute approximate surface area is 189 Å². The van der Waals surface area contributed by atoms with Gasteiger partial charge in [-0.2, -0.15) is 0 Å². The third kappa shape index (κ3) is 4.47. The van der Waals surface area contributed by atoms with Crippen LogP contribution in [0, 0.1) is 0 Å². The molecule has 1 N–H and O–H groups in total. The lowest BCUT2D eigenvalue weighted by Gasteiger charge is -2.45. The maximum Gasteiger partial charge on any atom is 0.253 e. The Bertz CT molecular complexity index is 1010. The lowest BCUT2D eigenvalue weighted by molar-refractivity contribution is -0.124. The van der Waals surface area contributed by atoms with Crippen LogP contribution in [-0.2, 0) is 16.0 Å². The zero-order valence-electron chi connectivity index (χ0n) is 18.7. The third-order valence-corrected chi connectivity index (χ3v) is 6.16. The van der Waals surface area contributed by atoms with Crippen molar-refractivity contribution in [1.82, 2.24) is 10.2 Å². The molecule has 0 bridgehead atoms. The second-order valence-corrected chi connectivity index (χ2v) is 8.62. The largest absolute Gasteiger partial charge is 0.358 e. The zero-order chi connectivity index (χ0) is 22.7. The average Bonchev–Trinajstić information content (AvgIpc) is 2.81. The molecule has 2 aliphatic heterocycles. The molecule has 4 rings (SSSR count). The fraction of sp³-hybridized carbons (Fsp3) is 0.400. The second-order valence-electron chi connectivity index (χ2n) is 8.62. The molecule has 1 atom stereocenters. The van der Waals surface area contributed by atoms with E-state index in [1.807, 2.05) is 36.4 Å². The minimum atomic E-state index is -0.247. The molecule has 168 valence electrons. The van der Waals surface area contributed by atoms with Crippen molar-refractivity contribution >= 4 is 29.1 Å². The summed E-state index contributed by atoms with van der Waals surface area (Å²) < 4.78 is 0. The van der Waals surface area contributed by atoms with Gasteiger partial charge in [0.15, 0.2) is 0 Å². The van der Waals surface area contributed by atoms with Gasteiger partial charge in [0.1, 0.15) is 12.6 Å². The standard InChI is InChI=1S/C25H30N4O3/c1-27(2)24(31)19-11-12-20-22(16-19)29(25(32)21-10-6-7-15-28(20)21)17-23(30)26-14-13-18-8-4-3-5-9-18/h3-5,8-9,11-12,16,21H,6-7,10,13-15,17H2,1-2H3,(H,26,30)/t21-/m1/s1. The number of carbonyl (C=O) groups excluding carboxylic acids is 3. The molecule has 1 fully saturated rings. The van der Waals surface area contributed by atoms with Crippen molar-refractivity contribution in [2.24, 2.45) is 0 Å². The quantitative estimate of drug-likeness (QED) is 0.758. The lowest BCUT2D eigenvalue weighted by Crippen LogP contribution is -2.57. The Balaban J connectivity index is 1.54. The molecule has 0 unspecified atom stereocenters. The number of benzene rings is 2. The number of carbonyl (C=O) groups is 3. The van der Waals surface area contributed by atoms with Crippen LogP contribution in [0.2, 0.25) is 0 Å². The molecule has 0 aromatic heterocycles. The van der Waals surface area contributed by atoms with Crippen LogP contribution in [0.1, 0.15) is 35.2 Å². The normalized spacial score (nSPS) is 17.4. The van der Waals surface area contributed by atoms with Crippen LogP contribution < -0.4 is 15.1 Å². The van der Waals surface area contributed by atoms with Crippen molar-refractivity contribution in [2.75, 3.05) is 43.5 Å². The van der Waals surface area contributed by atoms with E-state index in [2.05, 4.69) is 10.2 Å². The fourth-order valence-corrected chi connectivity index (χ4v) is 4.50. The molecule has 0 saturated carbocycles. The van der Waals surface area contributed by atoms with Crippen molar-refractivity contribution in [3.05, 3.63) is 59.7 Å². The molecule has 2 heterocycles. The number of piperidine rings is 1. The summed E-state index contributed by atoms with van der Waals surface area (Å²) in [5.41, 5.74) is 3.21. The van der Waals surface area contributed by atoms with Gasteiger partial charge in [0.25, 0.3) is 5.91 Å². The van der Waals surface area contributed by atoms with Gasteiger partial charge in [-0.1, -0.05) is 30.3 Å². The molecule has 3 amide bonds. The fourth-order valence-electron chi connectivity index (χ4n) is 4.50. The van der Waals surface area contributed by atoms with Gasteiger partial charge in [-0.15, -0.1) is 0 Å². The van der Waals surface area contributed by atoms with E-state index in [0.717, 1.165) is 43.5 Å². The number of anilines is 2. The maximum absolute atomic E-state index is 13.4. The minimum absolute atomic E-state index is 0.0510. The molecule has 2 aromatic rings. The molecular weight excluding hydrogens is 404 g/mol. The summed E-state index contributed by atoms with van der Waals surface area (Å²) in [7, 11) is 3.40. The predicted octanol–water partition coefficient (Wildman–Crippen LogP) is 2.45. The highest BCUT2D eigenvalue weighted by Crippen LogP contribution is 2.40. The van der Waals surface area contributed by atoms with Crippen molar-refractivity contribution in [2.45, 2.75) is 31.7 Å². The van der Waals surface area contributed by atoms with E-state index in [-0.39, 0.29) is 30.3 Å². The SMILES string of the molecule is CN(C)C(=O)c1ccc2c(c1)N(CC(=O)NCCc1ccccc1)C(=O)[C@H]1CCCCN21. The number of fused-ring (bicyclic) bond motifs is 3. The van der Waals surface area contributed by atoms with Gasteiger partial charge in [-0.3, -0.25) is 19.3 Å². The first-order valence-electron chi connectivity index (χ1n) is 11.2. The van der Waals surface area contributed by atoms with Crippen molar-refractivity contribution in [1.29, 1.82) is 0 Å². The van der Waals surface area contributed by atoms with E-state index in [1.165, 1.54) is 4.90 Å². The molecule has 7 heteroatoms. The highest BCUT2D eigenvalue weighted by molar-refractivity contribution is 6.09. The molecule has 1 saturated heterocycles. The summed E-state index contributed by atoms with van der Waals surface area (Å²) >= 11 is 0. The van der Waals surface area contributed by atoms with Crippen molar-refractivity contribution < 1.29 is 14.4 Å². The summed E-state index contributed by atoms with van der Waals surface area (Å²) in [6, 6.07) is 15.2. The zero-order valence-corrected chi connectivity index (χ0v) is 18.7. The van der Waals surface area contributed by atoms with E-state index in [4.69, 9.17) is 0 Å². The summed E-state index contributed by atoms with van der Waals surface area (Å²) in [6.07, 6.45) is 3.54. The number of hydrogen-bond acceptors (Lipinski definition) is 4. The topological polar surface area (TPSA) is 73.0 Å². The summed E-state index contributed by atoms with van der Waals surface area (Å²) in [4.78, 5) is 43.9. The van der Waals surface area contributed by atoms with Gasteiger partial charge < -0.3 is 15.1 Å². The number of amides is 3. The van der Waals surface area contributed by atoms with E-state index in [1.54, 1.807) is 31.1 Å². The summed E-state index contributed by atoms with van der Waals surface area (Å²) in [5, 5.41) is 2.94. The van der Waals surface area contributed by atoms with Crippen LogP contribution in [0.25, 0.3) is 0 Å². The van der Waals surface area contributed by atoms with Gasteiger partial charge >= 0.3 is 0 Å². The number of hydrogen-bond donors (Lipinski definition) is 1. The van der Waals surface area contributed by atoms with Crippen LogP contribution in [0.3, 0.4) is 0 Å². The summed E-state index contributed by atoms with van der Waals surface area (Å²) in [5.74, 6) is -0.396. The van der Waals surface area contributed by atoms with Crippen LogP contribution in [0.5, 0.6) is 0 Å². The van der Waals surface area contributed by atoms with Crippen molar-refractivity contribution in [3.63, 3.8) is 0 Å². The van der Waals surface area contributed by atoms with E-state index in [0.29, 0.717) is 17.8 Å². The predicted molar refractivity (Wildman–Crippen MR) is 125 cm³/mol. The Hall–Kier alpha value is -3.35. The van der Waals surface area contributed by atoms with Gasteiger partial charge in [0, 0.05) is 32.7 Å². The smallest absolute Gasteiger partial charge is 0.253 e. The number of rotatable bonds is 6. The van der Waals surface area contributed by atoms with E-state index < -0.39 is 0 Å². The highest BCUT2D eigenvalue weighted by atomic mass is 16.2. The number of nitrogens with one attached hydrogen (secondary N) is 1. The Morgan fingerprint density at radius 1 is 1.06 bits per heavy atom. The van der Waals surface area contributed by atoms with E-state index in [9.17, 15) is 14.4 Å². The van der Waals surface area contributed by atoms with Gasteiger partial charge in [0.05, 0.1) is 11.4 Å². The molecule has 32 heavy (non-hydrogen) atoms. The van der Waals surface area contributed by atoms with Gasteiger partial charge in [-0.05, 0) is 49.4 Å². The average molecular weight is 435 g/mol.